The van der Waals surface area contributed by atoms with Crippen molar-refractivity contribution < 1.29 is 36.0 Å². The molecule has 58 heavy (non-hydrogen) atoms. The summed E-state index contributed by atoms with van der Waals surface area (Å²) in [4.78, 5) is 42.3. The standard InChI is InChI=1S/C43H39N5O8S2/c1-31-26-37(47(57(52,53)38-14-8-4-9-15-38)28-42(50)46-36-21-19-34(20-22-36)32(2)49)23-24-40(31)56-30-33-18-25-41(44-27-33)48(58(54,55)39-16-10-5-11-17-39)29-43(51)45-35-12-6-3-7-13-35/h3-27H,28-30H2,1-2H3,(H,45,51)(H,46,50). The van der Waals surface area contributed by atoms with Gasteiger partial charge in [-0.05, 0) is 104 Å². The first-order valence-electron chi connectivity index (χ1n) is 17.9. The van der Waals surface area contributed by atoms with Gasteiger partial charge in [-0.15, -0.1) is 0 Å². The Morgan fingerprint density at radius 3 is 1.66 bits per heavy atom. The zero-order valence-electron chi connectivity index (χ0n) is 31.5. The second-order valence-corrected chi connectivity index (χ2v) is 16.7. The molecule has 0 saturated carbocycles. The molecule has 6 rings (SSSR count). The lowest BCUT2D eigenvalue weighted by molar-refractivity contribution is -0.115. The Morgan fingerprint density at radius 1 is 0.621 bits per heavy atom. The van der Waals surface area contributed by atoms with Gasteiger partial charge in [-0.3, -0.25) is 18.7 Å². The van der Waals surface area contributed by atoms with Crippen molar-refractivity contribution in [3.63, 3.8) is 0 Å². The normalized spacial score (nSPS) is 11.3. The van der Waals surface area contributed by atoms with Gasteiger partial charge in [0.05, 0.1) is 15.5 Å². The van der Waals surface area contributed by atoms with Crippen LogP contribution in [0.2, 0.25) is 0 Å². The number of hydrogen-bond donors (Lipinski definition) is 2. The highest BCUT2D eigenvalue weighted by Gasteiger charge is 2.29. The minimum Gasteiger partial charge on any atom is -0.489 e. The fourth-order valence-electron chi connectivity index (χ4n) is 5.78. The number of carbonyl (C=O) groups is 3. The van der Waals surface area contributed by atoms with E-state index in [0.29, 0.717) is 33.8 Å². The van der Waals surface area contributed by atoms with Gasteiger partial charge in [0.2, 0.25) is 11.8 Å². The monoisotopic (exact) mass is 817 g/mol. The number of ether oxygens (including phenoxy) is 1. The molecule has 0 saturated heterocycles. The number of aryl methyl sites for hydroxylation is 1. The summed E-state index contributed by atoms with van der Waals surface area (Å²) in [6, 6.07) is 38.3. The van der Waals surface area contributed by atoms with Crippen molar-refractivity contribution in [3.8, 4) is 5.75 Å². The van der Waals surface area contributed by atoms with E-state index in [1.54, 1.807) is 116 Å². The second-order valence-electron chi connectivity index (χ2n) is 13.0. The van der Waals surface area contributed by atoms with Crippen molar-refractivity contribution in [2.45, 2.75) is 30.2 Å². The number of rotatable bonds is 16. The van der Waals surface area contributed by atoms with Gasteiger partial charge in [0.1, 0.15) is 31.3 Å². The maximum absolute atomic E-state index is 13.9. The van der Waals surface area contributed by atoms with E-state index in [2.05, 4.69) is 15.6 Å². The van der Waals surface area contributed by atoms with Crippen molar-refractivity contribution >= 4 is 60.5 Å². The third-order valence-corrected chi connectivity index (χ3v) is 12.3. The first kappa shape index (κ1) is 40.8. The summed E-state index contributed by atoms with van der Waals surface area (Å²) in [5, 5.41) is 5.41. The summed E-state index contributed by atoms with van der Waals surface area (Å²) >= 11 is 0. The number of benzene rings is 5. The van der Waals surface area contributed by atoms with E-state index in [4.69, 9.17) is 4.74 Å². The highest BCUT2D eigenvalue weighted by Crippen LogP contribution is 2.30. The van der Waals surface area contributed by atoms with Gasteiger partial charge in [0.25, 0.3) is 20.0 Å². The van der Waals surface area contributed by atoms with Crippen molar-refractivity contribution in [2.24, 2.45) is 0 Å². The number of anilines is 4. The van der Waals surface area contributed by atoms with Gasteiger partial charge in [0.15, 0.2) is 5.78 Å². The Morgan fingerprint density at radius 2 is 1.14 bits per heavy atom. The lowest BCUT2D eigenvalue weighted by atomic mass is 10.1. The second kappa shape index (κ2) is 18.0. The molecule has 0 fully saturated rings. The molecular weight excluding hydrogens is 779 g/mol. The van der Waals surface area contributed by atoms with E-state index in [1.807, 2.05) is 0 Å². The molecular formula is C43H39N5O8S2. The zero-order valence-corrected chi connectivity index (χ0v) is 33.1. The Hall–Kier alpha value is -6.84. The van der Waals surface area contributed by atoms with Crippen molar-refractivity contribution in [3.05, 3.63) is 168 Å². The molecule has 1 heterocycles. The first-order valence-corrected chi connectivity index (χ1v) is 20.8. The molecule has 0 aliphatic rings. The van der Waals surface area contributed by atoms with Gasteiger partial charge < -0.3 is 15.4 Å². The van der Waals surface area contributed by atoms with Crippen LogP contribution in [0.25, 0.3) is 0 Å². The third-order valence-electron chi connectivity index (χ3n) is 8.78. The Bertz CT molecular complexity index is 2610. The average molecular weight is 818 g/mol. The quantitative estimate of drug-likeness (QED) is 0.0993. The van der Waals surface area contributed by atoms with Crippen LogP contribution in [0.3, 0.4) is 0 Å². The highest BCUT2D eigenvalue weighted by molar-refractivity contribution is 7.93. The number of carbonyl (C=O) groups excluding carboxylic acids is 3. The van der Waals surface area contributed by atoms with Gasteiger partial charge in [-0.2, -0.15) is 0 Å². The van der Waals surface area contributed by atoms with Crippen LogP contribution in [0.15, 0.2) is 162 Å². The van der Waals surface area contributed by atoms with Crippen LogP contribution in [-0.4, -0.2) is 52.5 Å². The molecule has 6 aromatic rings. The number of ketones is 1. The number of nitrogens with one attached hydrogen (secondary N) is 2. The van der Waals surface area contributed by atoms with Crippen LogP contribution in [0.1, 0.15) is 28.4 Å². The lowest BCUT2D eigenvalue weighted by Crippen LogP contribution is -2.38. The van der Waals surface area contributed by atoms with Gasteiger partial charge >= 0.3 is 0 Å². The van der Waals surface area contributed by atoms with E-state index < -0.39 is 45.0 Å². The van der Waals surface area contributed by atoms with E-state index >= 15 is 0 Å². The summed E-state index contributed by atoms with van der Waals surface area (Å²) in [6.45, 7) is 2.10. The van der Waals surface area contributed by atoms with Crippen LogP contribution in [0.4, 0.5) is 22.9 Å². The predicted molar refractivity (Wildman–Crippen MR) is 222 cm³/mol. The van der Waals surface area contributed by atoms with Gasteiger partial charge in [0, 0.05) is 28.7 Å². The summed E-state index contributed by atoms with van der Waals surface area (Å²) in [5.41, 5.74) is 2.75. The average Bonchev–Trinajstić information content (AvgIpc) is 3.23. The lowest BCUT2D eigenvalue weighted by Gasteiger charge is -2.25. The zero-order chi connectivity index (χ0) is 41.3. The molecule has 0 radical (unpaired) electrons. The summed E-state index contributed by atoms with van der Waals surface area (Å²) in [6.07, 6.45) is 1.45. The molecule has 0 unspecified atom stereocenters. The van der Waals surface area contributed by atoms with Crippen molar-refractivity contribution in [1.29, 1.82) is 0 Å². The van der Waals surface area contributed by atoms with Crippen molar-refractivity contribution in [2.75, 3.05) is 32.3 Å². The molecule has 0 spiro atoms. The van der Waals surface area contributed by atoms with Crippen LogP contribution < -0.4 is 24.0 Å². The molecule has 15 heteroatoms. The molecule has 2 N–H and O–H groups in total. The number of hydrogen-bond acceptors (Lipinski definition) is 9. The summed E-state index contributed by atoms with van der Waals surface area (Å²) in [7, 11) is -8.39. The predicted octanol–water partition coefficient (Wildman–Crippen LogP) is 6.84. The summed E-state index contributed by atoms with van der Waals surface area (Å²) in [5.74, 6) is -0.846. The molecule has 0 aliphatic heterocycles. The first-order chi connectivity index (χ1) is 27.8. The summed E-state index contributed by atoms with van der Waals surface area (Å²) < 4.78 is 63.4. The van der Waals surface area contributed by atoms with Gasteiger partial charge in [-0.1, -0.05) is 60.7 Å². The third kappa shape index (κ3) is 9.93. The molecule has 2 amide bonds. The number of sulfonamides is 2. The highest BCUT2D eigenvalue weighted by atomic mass is 32.2. The fraction of sp³-hybridized carbons (Fsp3) is 0.116. The van der Waals surface area contributed by atoms with Gasteiger partial charge in [-0.25, -0.2) is 26.1 Å². The molecule has 1 aromatic heterocycles. The number of Topliss-reactive ketones (excluding diaryl/α,β-unsaturated/α-hetero) is 1. The minimum atomic E-state index is -4.20. The van der Waals surface area contributed by atoms with E-state index in [9.17, 15) is 31.2 Å². The largest absolute Gasteiger partial charge is 0.489 e. The van der Waals surface area contributed by atoms with E-state index in [-0.39, 0.29) is 33.7 Å². The number of nitrogens with zero attached hydrogens (tertiary/aromatic N) is 3. The molecule has 296 valence electrons. The Kier molecular flexibility index (Phi) is 12.6. The fourth-order valence-corrected chi connectivity index (χ4v) is 8.61. The maximum atomic E-state index is 13.9. The van der Waals surface area contributed by atoms with Crippen LogP contribution >= 0.6 is 0 Å². The molecule has 5 aromatic carbocycles. The number of pyridine rings is 1. The van der Waals surface area contributed by atoms with E-state index in [1.165, 1.54) is 49.5 Å². The minimum absolute atomic E-state index is 0.00510. The smallest absolute Gasteiger partial charge is 0.265 e. The molecule has 0 atom stereocenters. The number of para-hydroxylation sites is 1. The van der Waals surface area contributed by atoms with E-state index in [0.717, 1.165) is 8.61 Å². The topological polar surface area (TPSA) is 172 Å². The Labute approximate surface area is 337 Å². The SMILES string of the molecule is CC(=O)c1ccc(NC(=O)CN(c2ccc(OCc3ccc(N(CC(=O)Nc4ccccc4)S(=O)(=O)c4ccccc4)nc3)c(C)c2)S(=O)(=O)c2ccccc2)cc1. The molecule has 13 nitrogen and oxygen atoms in total. The van der Waals surface area contributed by atoms with Crippen molar-refractivity contribution in [1.82, 2.24) is 4.98 Å². The Balaban J connectivity index is 1.19. The van der Waals surface area contributed by atoms with Crippen LogP contribution in [0.5, 0.6) is 5.75 Å². The maximum Gasteiger partial charge on any atom is 0.265 e. The van der Waals surface area contributed by atoms with Crippen LogP contribution in [0, 0.1) is 6.92 Å². The molecule has 0 aliphatic carbocycles. The molecule has 0 bridgehead atoms. The number of amides is 2. The number of aromatic nitrogens is 1. The van der Waals surface area contributed by atoms with Crippen LogP contribution in [-0.2, 0) is 36.2 Å².